The molecule has 6 nitrogen and oxygen atoms in total. The molecule has 2 rings (SSSR count). The van der Waals surface area contributed by atoms with Crippen LogP contribution in [0.25, 0.3) is 0 Å². The van der Waals surface area contributed by atoms with E-state index in [9.17, 15) is 9.59 Å². The summed E-state index contributed by atoms with van der Waals surface area (Å²) >= 11 is 0. The van der Waals surface area contributed by atoms with Gasteiger partial charge in [-0.05, 0) is 12.1 Å². The van der Waals surface area contributed by atoms with Crippen LogP contribution in [0.5, 0.6) is 0 Å². The van der Waals surface area contributed by atoms with Crippen molar-refractivity contribution >= 4 is 12.3 Å². The molecule has 6 heteroatoms. The largest absolute Gasteiger partial charge is 0.396 e. The number of aromatic nitrogens is 1. The van der Waals surface area contributed by atoms with Crippen molar-refractivity contribution in [1.82, 2.24) is 14.8 Å². The quantitative estimate of drug-likeness (QED) is 0.745. The van der Waals surface area contributed by atoms with Gasteiger partial charge in [0.05, 0.1) is 0 Å². The molecule has 2 heterocycles. The molecule has 1 aromatic rings. The SMILES string of the molecule is O=CN1CCN(C(=O)c2ccnc(CCO)c2)CC1. The minimum atomic E-state index is -0.0489. The molecule has 1 aliphatic rings. The first-order valence-corrected chi connectivity index (χ1v) is 6.29. The van der Waals surface area contributed by atoms with Crippen molar-refractivity contribution in [3.05, 3.63) is 29.6 Å². The topological polar surface area (TPSA) is 73.7 Å². The van der Waals surface area contributed by atoms with Gasteiger partial charge in [0.2, 0.25) is 6.41 Å². The first kappa shape index (κ1) is 13.5. The zero-order chi connectivity index (χ0) is 13.7. The standard InChI is InChI=1S/C13H17N3O3/c17-8-2-12-9-11(1-3-14-12)13(19)16-6-4-15(10-18)5-7-16/h1,3,9-10,17H,2,4-8H2. The van der Waals surface area contributed by atoms with Crippen molar-refractivity contribution in [2.24, 2.45) is 0 Å². The van der Waals surface area contributed by atoms with Crippen LogP contribution in [-0.4, -0.2) is 65.0 Å². The Labute approximate surface area is 111 Å². The third kappa shape index (κ3) is 3.29. The maximum Gasteiger partial charge on any atom is 0.254 e. The monoisotopic (exact) mass is 263 g/mol. The average Bonchev–Trinajstić information content (AvgIpc) is 2.47. The molecule has 102 valence electrons. The number of hydrogen-bond donors (Lipinski definition) is 1. The Balaban J connectivity index is 2.03. The summed E-state index contributed by atoms with van der Waals surface area (Å²) in [5, 5.41) is 8.88. The Hall–Kier alpha value is -1.95. The molecule has 1 fully saturated rings. The molecular weight excluding hydrogens is 246 g/mol. The number of aliphatic hydroxyl groups is 1. The Morgan fingerprint density at radius 3 is 2.74 bits per heavy atom. The fraction of sp³-hybridized carbons (Fsp3) is 0.462. The summed E-state index contributed by atoms with van der Waals surface area (Å²) in [6, 6.07) is 3.39. The van der Waals surface area contributed by atoms with E-state index in [2.05, 4.69) is 4.98 Å². The highest BCUT2D eigenvalue weighted by Crippen LogP contribution is 2.09. The second-order valence-electron chi connectivity index (χ2n) is 4.44. The Morgan fingerprint density at radius 1 is 1.37 bits per heavy atom. The maximum atomic E-state index is 12.3. The fourth-order valence-corrected chi connectivity index (χ4v) is 2.08. The minimum absolute atomic E-state index is 0.0165. The van der Waals surface area contributed by atoms with Crippen molar-refractivity contribution in [1.29, 1.82) is 0 Å². The average molecular weight is 263 g/mol. The summed E-state index contributed by atoms with van der Waals surface area (Å²) in [6.45, 7) is 2.26. The lowest BCUT2D eigenvalue weighted by Gasteiger charge is -2.32. The molecule has 19 heavy (non-hydrogen) atoms. The molecule has 0 atom stereocenters. The molecule has 0 bridgehead atoms. The normalized spacial score (nSPS) is 15.4. The van der Waals surface area contributed by atoms with Crippen LogP contribution < -0.4 is 0 Å². The number of carbonyl (C=O) groups is 2. The number of rotatable bonds is 4. The van der Waals surface area contributed by atoms with Crippen LogP contribution in [0.1, 0.15) is 16.1 Å². The number of hydrogen-bond acceptors (Lipinski definition) is 4. The second kappa shape index (κ2) is 6.29. The van der Waals surface area contributed by atoms with Crippen LogP contribution in [0, 0.1) is 0 Å². The van der Waals surface area contributed by atoms with Crippen molar-refractivity contribution < 1.29 is 14.7 Å². The van der Waals surface area contributed by atoms with Crippen molar-refractivity contribution in [2.75, 3.05) is 32.8 Å². The summed E-state index contributed by atoms with van der Waals surface area (Å²) in [6.07, 6.45) is 2.84. The van der Waals surface area contributed by atoms with E-state index >= 15 is 0 Å². The van der Waals surface area contributed by atoms with Crippen molar-refractivity contribution in [3.8, 4) is 0 Å². The zero-order valence-electron chi connectivity index (χ0n) is 10.7. The van der Waals surface area contributed by atoms with Gasteiger partial charge in [-0.25, -0.2) is 0 Å². The number of aliphatic hydroxyl groups excluding tert-OH is 1. The van der Waals surface area contributed by atoms with E-state index in [0.29, 0.717) is 43.9 Å². The van der Waals surface area contributed by atoms with E-state index in [-0.39, 0.29) is 12.5 Å². The summed E-state index contributed by atoms with van der Waals surface area (Å²) in [5.74, 6) is -0.0489. The smallest absolute Gasteiger partial charge is 0.254 e. The molecule has 0 saturated carbocycles. The molecule has 1 aliphatic heterocycles. The molecule has 2 amide bonds. The molecule has 0 unspecified atom stereocenters. The third-order valence-electron chi connectivity index (χ3n) is 3.18. The summed E-state index contributed by atoms with van der Waals surface area (Å²) in [5.41, 5.74) is 1.29. The van der Waals surface area contributed by atoms with Gasteiger partial charge in [0.15, 0.2) is 0 Å². The first-order chi connectivity index (χ1) is 9.24. The third-order valence-corrected chi connectivity index (χ3v) is 3.18. The Morgan fingerprint density at radius 2 is 2.11 bits per heavy atom. The van der Waals surface area contributed by atoms with Gasteiger partial charge in [-0.2, -0.15) is 0 Å². The Kier molecular flexibility index (Phi) is 4.46. The van der Waals surface area contributed by atoms with E-state index in [0.717, 1.165) is 6.41 Å². The van der Waals surface area contributed by atoms with Crippen LogP contribution in [0.4, 0.5) is 0 Å². The van der Waals surface area contributed by atoms with E-state index < -0.39 is 0 Å². The van der Waals surface area contributed by atoms with Gasteiger partial charge in [0, 0.05) is 56.7 Å². The molecule has 0 radical (unpaired) electrons. The van der Waals surface area contributed by atoms with Gasteiger partial charge in [-0.1, -0.05) is 0 Å². The van der Waals surface area contributed by atoms with Crippen molar-refractivity contribution in [2.45, 2.75) is 6.42 Å². The van der Waals surface area contributed by atoms with Gasteiger partial charge in [0.25, 0.3) is 5.91 Å². The van der Waals surface area contributed by atoms with E-state index in [1.54, 1.807) is 28.1 Å². The lowest BCUT2D eigenvalue weighted by Crippen LogP contribution is -2.48. The second-order valence-corrected chi connectivity index (χ2v) is 4.44. The predicted molar refractivity (Wildman–Crippen MR) is 68.6 cm³/mol. The molecule has 1 saturated heterocycles. The number of carbonyl (C=O) groups excluding carboxylic acids is 2. The Bertz CT molecular complexity index is 456. The van der Waals surface area contributed by atoms with Crippen molar-refractivity contribution in [3.63, 3.8) is 0 Å². The molecular formula is C13H17N3O3. The van der Waals surface area contributed by atoms with Crippen LogP contribution in [0.15, 0.2) is 18.3 Å². The van der Waals surface area contributed by atoms with Gasteiger partial charge < -0.3 is 14.9 Å². The van der Waals surface area contributed by atoms with Crippen LogP contribution in [0.3, 0.4) is 0 Å². The van der Waals surface area contributed by atoms with Crippen LogP contribution in [0.2, 0.25) is 0 Å². The van der Waals surface area contributed by atoms with E-state index in [1.807, 2.05) is 0 Å². The molecule has 1 N–H and O–H groups in total. The van der Waals surface area contributed by atoms with Gasteiger partial charge in [-0.15, -0.1) is 0 Å². The highest BCUT2D eigenvalue weighted by atomic mass is 16.3. The molecule has 0 spiro atoms. The highest BCUT2D eigenvalue weighted by Gasteiger charge is 2.21. The summed E-state index contributed by atoms with van der Waals surface area (Å²) in [7, 11) is 0. The summed E-state index contributed by atoms with van der Waals surface area (Å²) < 4.78 is 0. The lowest BCUT2D eigenvalue weighted by molar-refractivity contribution is -0.119. The van der Waals surface area contributed by atoms with E-state index in [4.69, 9.17) is 5.11 Å². The van der Waals surface area contributed by atoms with Gasteiger partial charge >= 0.3 is 0 Å². The number of pyridine rings is 1. The molecule has 1 aromatic heterocycles. The number of piperazine rings is 1. The lowest BCUT2D eigenvalue weighted by atomic mass is 10.1. The summed E-state index contributed by atoms with van der Waals surface area (Å²) in [4.78, 5) is 30.4. The fourth-order valence-electron chi connectivity index (χ4n) is 2.08. The van der Waals surface area contributed by atoms with Crippen LogP contribution >= 0.6 is 0 Å². The molecule has 0 aliphatic carbocycles. The minimum Gasteiger partial charge on any atom is -0.396 e. The zero-order valence-corrected chi connectivity index (χ0v) is 10.7. The van der Waals surface area contributed by atoms with Gasteiger partial charge in [0.1, 0.15) is 0 Å². The van der Waals surface area contributed by atoms with Gasteiger partial charge in [-0.3, -0.25) is 14.6 Å². The molecule has 0 aromatic carbocycles. The number of amides is 2. The first-order valence-electron chi connectivity index (χ1n) is 6.29. The predicted octanol–water partition coefficient (Wildman–Crippen LogP) is -0.469. The van der Waals surface area contributed by atoms with Crippen LogP contribution in [-0.2, 0) is 11.2 Å². The maximum absolute atomic E-state index is 12.3. The van der Waals surface area contributed by atoms with E-state index in [1.165, 1.54) is 0 Å². The number of nitrogens with zero attached hydrogens (tertiary/aromatic N) is 3. The highest BCUT2D eigenvalue weighted by molar-refractivity contribution is 5.94.